The van der Waals surface area contributed by atoms with Crippen molar-refractivity contribution in [2.75, 3.05) is 6.61 Å². The maximum atomic E-state index is 12.5. The standard InChI is InChI=1S/C55H109NO4/c1-3-5-7-9-11-13-15-17-18-19-20-21-22-23-24-25-26-27-28-29-30-31-32-33-34-35-36-38-40-42-44-46-48-50-54(59)56-52(51-57)55(60)53(58)49-47-45-43-41-39-37-16-14-12-10-8-6-4-2/h41,43,52-53,55,57-58,60H,3-40,42,44-51H2,1-2H3,(H,56,59)/b43-41+. The smallest absolute Gasteiger partial charge is 0.220 e. The van der Waals surface area contributed by atoms with Crippen LogP contribution in [0.2, 0.25) is 0 Å². The average molecular weight is 848 g/mol. The molecule has 0 bridgehead atoms. The van der Waals surface area contributed by atoms with Gasteiger partial charge in [0.15, 0.2) is 0 Å². The number of carbonyl (C=O) groups is 1. The van der Waals surface area contributed by atoms with Gasteiger partial charge in [-0.05, 0) is 38.5 Å². The van der Waals surface area contributed by atoms with E-state index in [0.29, 0.717) is 12.8 Å². The van der Waals surface area contributed by atoms with Crippen molar-refractivity contribution in [1.82, 2.24) is 5.32 Å². The Balaban J connectivity index is 3.44. The molecule has 0 aliphatic rings. The highest BCUT2D eigenvalue weighted by molar-refractivity contribution is 5.76. The lowest BCUT2D eigenvalue weighted by Gasteiger charge is -2.26. The van der Waals surface area contributed by atoms with Crippen LogP contribution in [0.15, 0.2) is 12.2 Å². The first-order valence-electron chi connectivity index (χ1n) is 27.5. The largest absolute Gasteiger partial charge is 0.394 e. The Bertz CT molecular complexity index is 848. The van der Waals surface area contributed by atoms with Crippen LogP contribution in [-0.4, -0.2) is 46.1 Å². The minimum absolute atomic E-state index is 0.148. The number of amides is 1. The monoisotopic (exact) mass is 848 g/mol. The van der Waals surface area contributed by atoms with E-state index in [2.05, 4.69) is 31.3 Å². The molecule has 0 heterocycles. The normalized spacial score (nSPS) is 13.3. The Labute approximate surface area is 376 Å². The van der Waals surface area contributed by atoms with Gasteiger partial charge in [-0.15, -0.1) is 0 Å². The summed E-state index contributed by atoms with van der Waals surface area (Å²) in [6.07, 6.45) is 62.4. The molecule has 0 saturated carbocycles. The van der Waals surface area contributed by atoms with Crippen molar-refractivity contribution in [3.63, 3.8) is 0 Å². The van der Waals surface area contributed by atoms with Crippen LogP contribution in [0.3, 0.4) is 0 Å². The molecule has 3 atom stereocenters. The maximum Gasteiger partial charge on any atom is 0.220 e. The summed E-state index contributed by atoms with van der Waals surface area (Å²) in [7, 11) is 0. The lowest BCUT2D eigenvalue weighted by atomic mass is 10.0. The summed E-state index contributed by atoms with van der Waals surface area (Å²) in [4.78, 5) is 12.5. The summed E-state index contributed by atoms with van der Waals surface area (Å²) in [5.74, 6) is -0.148. The van der Waals surface area contributed by atoms with E-state index in [1.54, 1.807) is 0 Å². The van der Waals surface area contributed by atoms with Gasteiger partial charge in [-0.3, -0.25) is 4.79 Å². The van der Waals surface area contributed by atoms with Gasteiger partial charge in [-0.25, -0.2) is 0 Å². The fourth-order valence-electron chi connectivity index (χ4n) is 8.87. The summed E-state index contributed by atoms with van der Waals surface area (Å²) in [6, 6.07) is -0.821. The molecule has 0 saturated heterocycles. The van der Waals surface area contributed by atoms with Gasteiger partial charge < -0.3 is 20.6 Å². The van der Waals surface area contributed by atoms with Crippen molar-refractivity contribution in [2.24, 2.45) is 0 Å². The molecule has 0 fully saturated rings. The lowest BCUT2D eigenvalue weighted by molar-refractivity contribution is -0.124. The van der Waals surface area contributed by atoms with E-state index in [-0.39, 0.29) is 12.5 Å². The van der Waals surface area contributed by atoms with Crippen LogP contribution in [0.1, 0.15) is 309 Å². The fraction of sp³-hybridized carbons (Fsp3) is 0.945. The third kappa shape index (κ3) is 45.1. The first kappa shape index (κ1) is 59.1. The van der Waals surface area contributed by atoms with Gasteiger partial charge in [0.2, 0.25) is 5.91 Å². The molecule has 0 aromatic rings. The molecule has 0 aromatic carbocycles. The average Bonchev–Trinajstić information content (AvgIpc) is 3.25. The third-order valence-electron chi connectivity index (χ3n) is 13.1. The van der Waals surface area contributed by atoms with Gasteiger partial charge >= 0.3 is 0 Å². The Morgan fingerprint density at radius 1 is 0.400 bits per heavy atom. The number of allylic oxidation sites excluding steroid dienone is 2. The molecule has 0 aliphatic heterocycles. The van der Waals surface area contributed by atoms with Gasteiger partial charge in [0.1, 0.15) is 6.10 Å². The Morgan fingerprint density at radius 3 is 0.967 bits per heavy atom. The molecule has 0 aliphatic carbocycles. The second-order valence-electron chi connectivity index (χ2n) is 19.1. The van der Waals surface area contributed by atoms with E-state index in [1.807, 2.05) is 0 Å². The first-order valence-corrected chi connectivity index (χ1v) is 27.5. The zero-order valence-corrected chi connectivity index (χ0v) is 40.9. The van der Waals surface area contributed by atoms with Crippen molar-refractivity contribution in [1.29, 1.82) is 0 Å². The maximum absolute atomic E-state index is 12.5. The molecule has 1 amide bonds. The third-order valence-corrected chi connectivity index (χ3v) is 13.1. The minimum atomic E-state index is -1.15. The molecule has 60 heavy (non-hydrogen) atoms. The number of hydrogen-bond donors (Lipinski definition) is 4. The molecular formula is C55H109NO4. The molecule has 0 radical (unpaired) electrons. The van der Waals surface area contributed by atoms with Crippen molar-refractivity contribution in [2.45, 2.75) is 327 Å². The Kier molecular flexibility index (Phi) is 50.0. The number of unbranched alkanes of at least 4 members (excludes halogenated alkanes) is 41. The molecule has 5 nitrogen and oxygen atoms in total. The summed E-state index contributed by atoms with van der Waals surface area (Å²) in [5.41, 5.74) is 0. The molecular weight excluding hydrogens is 739 g/mol. The van der Waals surface area contributed by atoms with E-state index in [0.717, 1.165) is 38.5 Å². The van der Waals surface area contributed by atoms with Crippen molar-refractivity contribution in [3.8, 4) is 0 Å². The van der Waals surface area contributed by atoms with Crippen LogP contribution in [-0.2, 0) is 4.79 Å². The highest BCUT2D eigenvalue weighted by atomic mass is 16.3. The molecule has 358 valence electrons. The number of aliphatic hydroxyl groups is 3. The highest BCUT2D eigenvalue weighted by Crippen LogP contribution is 2.18. The van der Waals surface area contributed by atoms with Crippen molar-refractivity contribution < 1.29 is 20.1 Å². The van der Waals surface area contributed by atoms with Gasteiger partial charge in [-0.2, -0.15) is 0 Å². The Hall–Kier alpha value is -0.910. The SMILES string of the molecule is CCCCCCCCCC/C=C/CCCC(O)C(O)C(CO)NC(=O)CCCCCCCCCCCCCCCCCCCCCCCCCCCCCCCCCCC. The number of carbonyl (C=O) groups excluding carboxylic acids is 1. The molecule has 4 N–H and O–H groups in total. The van der Waals surface area contributed by atoms with E-state index in [4.69, 9.17) is 0 Å². The lowest BCUT2D eigenvalue weighted by Crippen LogP contribution is -2.50. The van der Waals surface area contributed by atoms with Crippen LogP contribution in [0.4, 0.5) is 0 Å². The van der Waals surface area contributed by atoms with Crippen LogP contribution < -0.4 is 5.32 Å². The van der Waals surface area contributed by atoms with Gasteiger partial charge in [0, 0.05) is 6.42 Å². The first-order chi connectivity index (χ1) is 29.6. The fourth-order valence-corrected chi connectivity index (χ4v) is 8.87. The van der Waals surface area contributed by atoms with Gasteiger partial charge in [-0.1, -0.05) is 276 Å². The van der Waals surface area contributed by atoms with Crippen molar-refractivity contribution in [3.05, 3.63) is 12.2 Å². The van der Waals surface area contributed by atoms with Crippen molar-refractivity contribution >= 4 is 5.91 Å². The van der Waals surface area contributed by atoms with Crippen LogP contribution >= 0.6 is 0 Å². The van der Waals surface area contributed by atoms with Crippen LogP contribution in [0, 0.1) is 0 Å². The Morgan fingerprint density at radius 2 is 0.667 bits per heavy atom. The molecule has 3 unspecified atom stereocenters. The second kappa shape index (κ2) is 50.7. The van der Waals surface area contributed by atoms with Crippen LogP contribution in [0.5, 0.6) is 0 Å². The highest BCUT2D eigenvalue weighted by Gasteiger charge is 2.26. The van der Waals surface area contributed by atoms with Gasteiger partial charge in [0.05, 0.1) is 18.8 Å². The van der Waals surface area contributed by atoms with Crippen LogP contribution in [0.25, 0.3) is 0 Å². The van der Waals surface area contributed by atoms with E-state index < -0.39 is 18.2 Å². The predicted octanol–water partition coefficient (Wildman–Crippen LogP) is 16.7. The quantitative estimate of drug-likeness (QED) is 0.0363. The summed E-state index contributed by atoms with van der Waals surface area (Å²) in [5, 5.41) is 33.6. The summed E-state index contributed by atoms with van der Waals surface area (Å²) >= 11 is 0. The van der Waals surface area contributed by atoms with E-state index in [1.165, 1.54) is 244 Å². The molecule has 5 heteroatoms. The van der Waals surface area contributed by atoms with E-state index in [9.17, 15) is 20.1 Å². The zero-order chi connectivity index (χ0) is 43.7. The number of nitrogens with one attached hydrogen (secondary N) is 1. The molecule has 0 aromatic heterocycles. The molecule has 0 rings (SSSR count). The molecule has 0 spiro atoms. The second-order valence-corrected chi connectivity index (χ2v) is 19.1. The minimum Gasteiger partial charge on any atom is -0.394 e. The summed E-state index contributed by atoms with van der Waals surface area (Å²) < 4.78 is 0. The number of aliphatic hydroxyl groups excluding tert-OH is 3. The predicted molar refractivity (Wildman–Crippen MR) is 264 cm³/mol. The number of hydrogen-bond acceptors (Lipinski definition) is 4. The van der Waals surface area contributed by atoms with Gasteiger partial charge in [0.25, 0.3) is 0 Å². The topological polar surface area (TPSA) is 89.8 Å². The number of rotatable bonds is 51. The zero-order valence-electron chi connectivity index (χ0n) is 40.9. The van der Waals surface area contributed by atoms with E-state index >= 15 is 0 Å². The summed E-state index contributed by atoms with van der Waals surface area (Å²) in [6.45, 7) is 4.19.